The summed E-state index contributed by atoms with van der Waals surface area (Å²) in [5.41, 5.74) is 4.10. The van der Waals surface area contributed by atoms with Crippen LogP contribution in [-0.4, -0.2) is 62.7 Å². The fourth-order valence-electron chi connectivity index (χ4n) is 4.83. The van der Waals surface area contributed by atoms with Crippen LogP contribution < -0.4 is 29.4 Å². The fourth-order valence-corrected chi connectivity index (χ4v) is 4.83. The molecule has 0 spiro atoms. The van der Waals surface area contributed by atoms with E-state index in [1.165, 1.54) is 38.5 Å². The lowest BCUT2D eigenvalue weighted by Crippen LogP contribution is -2.33. The van der Waals surface area contributed by atoms with Crippen LogP contribution in [0.2, 0.25) is 0 Å². The average Bonchev–Trinajstić information content (AvgIpc) is 3.01. The summed E-state index contributed by atoms with van der Waals surface area (Å²) >= 11 is 0. The number of benzene rings is 2. The average molecular weight is 531 g/mol. The first kappa shape index (κ1) is 26.6. The SMILES string of the molecule is COc1cccc(OCCOc2ccc(/C=N\Nc3cc(N4CCCCC4)nc(N4CCCCC4)n3)cc2)c1. The van der Waals surface area contributed by atoms with Gasteiger partial charge in [0.15, 0.2) is 5.82 Å². The third-order valence-electron chi connectivity index (χ3n) is 6.95. The molecule has 0 bridgehead atoms. The lowest BCUT2D eigenvalue weighted by atomic mass is 10.1. The van der Waals surface area contributed by atoms with Crippen LogP contribution in [0.3, 0.4) is 0 Å². The summed E-state index contributed by atoms with van der Waals surface area (Å²) in [6.45, 7) is 4.99. The Morgan fingerprint density at radius 2 is 1.44 bits per heavy atom. The van der Waals surface area contributed by atoms with Crippen molar-refractivity contribution < 1.29 is 14.2 Å². The molecule has 3 aromatic rings. The van der Waals surface area contributed by atoms with Gasteiger partial charge in [-0.15, -0.1) is 0 Å². The normalized spacial score (nSPS) is 15.8. The maximum absolute atomic E-state index is 5.81. The van der Waals surface area contributed by atoms with Gasteiger partial charge in [0.25, 0.3) is 0 Å². The zero-order valence-corrected chi connectivity index (χ0v) is 22.7. The number of nitrogens with one attached hydrogen (secondary N) is 1. The van der Waals surface area contributed by atoms with Crippen LogP contribution >= 0.6 is 0 Å². The number of hydrogen-bond donors (Lipinski definition) is 1. The summed E-state index contributed by atoms with van der Waals surface area (Å²) in [4.78, 5) is 14.4. The van der Waals surface area contributed by atoms with E-state index in [1.807, 2.05) is 54.6 Å². The Bertz CT molecular complexity index is 1170. The van der Waals surface area contributed by atoms with Gasteiger partial charge in [-0.25, -0.2) is 0 Å². The number of rotatable bonds is 11. The van der Waals surface area contributed by atoms with Crippen molar-refractivity contribution in [1.82, 2.24) is 9.97 Å². The summed E-state index contributed by atoms with van der Waals surface area (Å²) in [5.74, 6) is 4.81. The first-order valence-corrected chi connectivity index (χ1v) is 13.9. The molecule has 9 nitrogen and oxygen atoms in total. The van der Waals surface area contributed by atoms with Gasteiger partial charge < -0.3 is 24.0 Å². The zero-order chi connectivity index (χ0) is 26.7. The molecule has 0 aliphatic carbocycles. The van der Waals surface area contributed by atoms with Gasteiger partial charge in [-0.05, 0) is 80.5 Å². The Morgan fingerprint density at radius 3 is 2.15 bits per heavy atom. The van der Waals surface area contributed by atoms with Crippen LogP contribution in [0.5, 0.6) is 17.2 Å². The Kier molecular flexibility index (Phi) is 9.33. The van der Waals surface area contributed by atoms with Gasteiger partial charge in [-0.3, -0.25) is 5.43 Å². The second-order valence-corrected chi connectivity index (χ2v) is 9.82. The van der Waals surface area contributed by atoms with E-state index in [1.54, 1.807) is 13.3 Å². The monoisotopic (exact) mass is 530 g/mol. The van der Waals surface area contributed by atoms with E-state index >= 15 is 0 Å². The van der Waals surface area contributed by atoms with E-state index in [4.69, 9.17) is 24.2 Å². The van der Waals surface area contributed by atoms with Crippen molar-refractivity contribution in [2.24, 2.45) is 5.10 Å². The maximum Gasteiger partial charge on any atom is 0.229 e. The number of piperidine rings is 2. The molecule has 1 N–H and O–H groups in total. The van der Waals surface area contributed by atoms with Crippen LogP contribution in [0.25, 0.3) is 0 Å². The molecule has 39 heavy (non-hydrogen) atoms. The highest BCUT2D eigenvalue weighted by Gasteiger charge is 2.19. The molecule has 0 amide bonds. The van der Waals surface area contributed by atoms with E-state index in [-0.39, 0.29) is 0 Å². The van der Waals surface area contributed by atoms with Gasteiger partial charge in [0.2, 0.25) is 5.95 Å². The minimum atomic E-state index is 0.443. The molecule has 9 heteroatoms. The zero-order valence-electron chi connectivity index (χ0n) is 22.7. The van der Waals surface area contributed by atoms with Crippen molar-refractivity contribution in [2.75, 3.05) is 61.7 Å². The largest absolute Gasteiger partial charge is 0.497 e. The molecule has 0 saturated carbocycles. The Hall–Kier alpha value is -4.01. The molecule has 2 aliphatic rings. The summed E-state index contributed by atoms with van der Waals surface area (Å²) in [6, 6.07) is 17.4. The fraction of sp³-hybridized carbons (Fsp3) is 0.433. The maximum atomic E-state index is 5.81. The van der Waals surface area contributed by atoms with Gasteiger partial charge in [0, 0.05) is 38.3 Å². The molecular formula is C30H38N6O3. The van der Waals surface area contributed by atoms with Gasteiger partial charge in [0.1, 0.15) is 36.3 Å². The molecule has 5 rings (SSSR count). The lowest BCUT2D eigenvalue weighted by molar-refractivity contribution is 0.216. The van der Waals surface area contributed by atoms with Gasteiger partial charge in [-0.1, -0.05) is 6.07 Å². The number of ether oxygens (including phenoxy) is 3. The molecule has 206 valence electrons. The number of hydrazone groups is 1. The molecule has 0 atom stereocenters. The highest BCUT2D eigenvalue weighted by Crippen LogP contribution is 2.25. The summed E-state index contributed by atoms with van der Waals surface area (Å²) in [6.07, 6.45) is 9.15. The first-order valence-electron chi connectivity index (χ1n) is 13.9. The molecular weight excluding hydrogens is 492 g/mol. The van der Waals surface area contributed by atoms with Gasteiger partial charge in [-0.2, -0.15) is 15.1 Å². The first-order chi connectivity index (χ1) is 19.3. The molecule has 2 aromatic carbocycles. The highest BCUT2D eigenvalue weighted by molar-refractivity contribution is 5.80. The van der Waals surface area contributed by atoms with Crippen molar-refractivity contribution in [2.45, 2.75) is 38.5 Å². The van der Waals surface area contributed by atoms with Crippen molar-refractivity contribution in [3.8, 4) is 17.2 Å². The summed E-state index contributed by atoms with van der Waals surface area (Å²) in [7, 11) is 1.64. The third-order valence-corrected chi connectivity index (χ3v) is 6.95. The predicted octanol–water partition coefficient (Wildman–Crippen LogP) is 5.37. The van der Waals surface area contributed by atoms with Gasteiger partial charge in [0.05, 0.1) is 13.3 Å². The minimum absolute atomic E-state index is 0.443. The Balaban J connectivity index is 1.15. The third kappa shape index (κ3) is 7.75. The Labute approximate surface area is 230 Å². The van der Waals surface area contributed by atoms with Crippen molar-refractivity contribution in [3.05, 3.63) is 60.2 Å². The number of anilines is 3. The molecule has 2 fully saturated rings. The topological polar surface area (TPSA) is 84.3 Å². The number of hydrogen-bond acceptors (Lipinski definition) is 9. The smallest absolute Gasteiger partial charge is 0.229 e. The Morgan fingerprint density at radius 1 is 0.769 bits per heavy atom. The van der Waals surface area contributed by atoms with E-state index in [9.17, 15) is 0 Å². The van der Waals surface area contributed by atoms with E-state index in [0.717, 1.165) is 66.6 Å². The molecule has 3 heterocycles. The number of methoxy groups -OCH3 is 1. The second-order valence-electron chi connectivity index (χ2n) is 9.82. The van der Waals surface area contributed by atoms with E-state index in [2.05, 4.69) is 20.3 Å². The van der Waals surface area contributed by atoms with Crippen molar-refractivity contribution in [3.63, 3.8) is 0 Å². The summed E-state index contributed by atoms with van der Waals surface area (Å²) < 4.78 is 16.8. The standard InChI is InChI=1S/C30H38N6O3/c1-37-26-9-8-10-27(21-26)39-20-19-38-25-13-11-24(12-14-25)23-31-34-28-22-29(35-15-4-2-5-16-35)33-30(32-28)36-17-6-3-7-18-36/h8-14,21-23H,2-7,15-20H2,1H3,(H,32,33,34)/b31-23-. The van der Waals surface area contributed by atoms with Crippen LogP contribution in [-0.2, 0) is 0 Å². The summed E-state index contributed by atoms with van der Waals surface area (Å²) in [5, 5.41) is 4.46. The van der Waals surface area contributed by atoms with Crippen molar-refractivity contribution in [1.29, 1.82) is 0 Å². The number of aromatic nitrogens is 2. The highest BCUT2D eigenvalue weighted by atomic mass is 16.5. The molecule has 2 aliphatic heterocycles. The minimum Gasteiger partial charge on any atom is -0.497 e. The van der Waals surface area contributed by atoms with Crippen molar-refractivity contribution >= 4 is 23.8 Å². The van der Waals surface area contributed by atoms with Gasteiger partial charge >= 0.3 is 0 Å². The lowest BCUT2D eigenvalue weighted by Gasteiger charge is -2.31. The molecule has 0 radical (unpaired) electrons. The van der Waals surface area contributed by atoms with E-state index in [0.29, 0.717) is 13.2 Å². The molecule has 2 saturated heterocycles. The molecule has 0 unspecified atom stereocenters. The van der Waals surface area contributed by atoms with Crippen LogP contribution in [0.15, 0.2) is 59.7 Å². The van der Waals surface area contributed by atoms with Crippen LogP contribution in [0.4, 0.5) is 17.6 Å². The van der Waals surface area contributed by atoms with E-state index < -0.39 is 0 Å². The number of nitrogens with zero attached hydrogens (tertiary/aromatic N) is 5. The molecule has 1 aromatic heterocycles. The second kappa shape index (κ2) is 13.7. The quantitative estimate of drug-likeness (QED) is 0.201. The van der Waals surface area contributed by atoms with Crippen LogP contribution in [0, 0.1) is 0 Å². The van der Waals surface area contributed by atoms with Crippen LogP contribution in [0.1, 0.15) is 44.1 Å². The predicted molar refractivity (Wildman–Crippen MR) is 156 cm³/mol.